The summed E-state index contributed by atoms with van der Waals surface area (Å²) in [7, 11) is 0. The van der Waals surface area contributed by atoms with Gasteiger partial charge in [0.1, 0.15) is 0 Å². The highest BCUT2D eigenvalue weighted by atomic mass is 79.9. The summed E-state index contributed by atoms with van der Waals surface area (Å²) < 4.78 is 0.965. The molecular weight excluding hydrogens is 466 g/mol. The zero-order chi connectivity index (χ0) is 21.5. The largest absolute Gasteiger partial charge is 0.349 e. The monoisotopic (exact) mass is 491 g/mol. The van der Waals surface area contributed by atoms with Crippen LogP contribution in [0.2, 0.25) is 5.02 Å². The third kappa shape index (κ3) is 6.83. The van der Waals surface area contributed by atoms with E-state index in [9.17, 15) is 9.59 Å². The summed E-state index contributed by atoms with van der Waals surface area (Å²) in [6, 6.07) is 15.3. The molecule has 1 saturated heterocycles. The topological polar surface area (TPSA) is 52.7 Å². The van der Waals surface area contributed by atoms with Crippen molar-refractivity contribution < 1.29 is 9.59 Å². The van der Waals surface area contributed by atoms with Gasteiger partial charge in [0.15, 0.2) is 0 Å². The Morgan fingerprint density at radius 3 is 2.40 bits per heavy atom. The van der Waals surface area contributed by atoms with Crippen molar-refractivity contribution in [1.82, 2.24) is 15.1 Å². The number of carbonyl (C=O) groups excluding carboxylic acids is 2. The Bertz CT molecular complexity index is 858. The van der Waals surface area contributed by atoms with Gasteiger partial charge < -0.3 is 10.2 Å². The lowest BCUT2D eigenvalue weighted by molar-refractivity contribution is -0.132. The van der Waals surface area contributed by atoms with Gasteiger partial charge in [0.25, 0.3) is 0 Å². The average Bonchev–Trinajstić information content (AvgIpc) is 2.95. The summed E-state index contributed by atoms with van der Waals surface area (Å²) in [5, 5.41) is 3.67. The number of halogens is 2. The normalized spacial score (nSPS) is 16.0. The predicted molar refractivity (Wildman–Crippen MR) is 123 cm³/mol. The molecule has 7 heteroatoms. The van der Waals surface area contributed by atoms with Gasteiger partial charge in [-0.25, -0.2) is 0 Å². The first-order valence-electron chi connectivity index (χ1n) is 10.2. The zero-order valence-corrected chi connectivity index (χ0v) is 19.5. The first kappa shape index (κ1) is 22.8. The molecule has 30 heavy (non-hydrogen) atoms. The molecule has 1 aliphatic rings. The lowest BCUT2D eigenvalue weighted by Gasteiger charge is -2.25. The zero-order valence-electron chi connectivity index (χ0n) is 17.1. The van der Waals surface area contributed by atoms with E-state index in [1.807, 2.05) is 53.4 Å². The molecule has 1 unspecified atom stereocenters. The molecule has 0 aromatic heterocycles. The first-order chi connectivity index (χ1) is 14.4. The van der Waals surface area contributed by atoms with Gasteiger partial charge in [0.2, 0.25) is 11.8 Å². The van der Waals surface area contributed by atoms with Crippen LogP contribution >= 0.6 is 27.5 Å². The molecule has 0 aliphatic carbocycles. The molecule has 1 fully saturated rings. The highest BCUT2D eigenvalue weighted by molar-refractivity contribution is 9.10. The molecule has 0 saturated carbocycles. The Morgan fingerprint density at radius 2 is 1.73 bits per heavy atom. The van der Waals surface area contributed by atoms with Crippen LogP contribution in [0, 0.1) is 0 Å². The quantitative estimate of drug-likeness (QED) is 0.650. The summed E-state index contributed by atoms with van der Waals surface area (Å²) in [6.45, 7) is 5.55. The summed E-state index contributed by atoms with van der Waals surface area (Å²) in [5.74, 6) is -0.0641. The third-order valence-electron chi connectivity index (χ3n) is 5.29. The Labute approximate surface area is 191 Å². The van der Waals surface area contributed by atoms with Crippen LogP contribution in [0.3, 0.4) is 0 Å². The molecule has 1 N–H and O–H groups in total. The Morgan fingerprint density at radius 1 is 1.03 bits per heavy atom. The molecule has 2 aromatic carbocycles. The standard InChI is InChI=1S/C23H27BrClN3O2/c1-17(29)26-22(19-5-7-20(24)8-6-19)15-23(30)28-12-2-11-27(13-14-28)16-18-3-9-21(25)10-4-18/h3-10,22H,2,11-16H2,1H3,(H,26,29). The summed E-state index contributed by atoms with van der Waals surface area (Å²) in [4.78, 5) is 29.0. The number of benzene rings is 2. The maximum atomic E-state index is 13.0. The van der Waals surface area contributed by atoms with Crippen molar-refractivity contribution in [1.29, 1.82) is 0 Å². The smallest absolute Gasteiger partial charge is 0.225 e. The molecule has 1 atom stereocenters. The summed E-state index contributed by atoms with van der Waals surface area (Å²) in [5.41, 5.74) is 2.15. The molecule has 0 spiro atoms. The van der Waals surface area contributed by atoms with Crippen molar-refractivity contribution in [3.63, 3.8) is 0 Å². The van der Waals surface area contributed by atoms with E-state index in [2.05, 4.69) is 26.1 Å². The van der Waals surface area contributed by atoms with Gasteiger partial charge >= 0.3 is 0 Å². The number of hydrogen-bond acceptors (Lipinski definition) is 3. The van der Waals surface area contributed by atoms with Gasteiger partial charge in [-0.2, -0.15) is 0 Å². The predicted octanol–water partition coefficient (Wildman–Crippen LogP) is 4.40. The Hall–Kier alpha value is -1.89. The first-order valence-corrected chi connectivity index (χ1v) is 11.3. The van der Waals surface area contributed by atoms with Gasteiger partial charge in [0, 0.05) is 49.1 Å². The minimum absolute atomic E-state index is 0.0741. The summed E-state index contributed by atoms with van der Waals surface area (Å²) >= 11 is 9.40. The number of amides is 2. The second kappa shape index (κ2) is 10.9. The number of carbonyl (C=O) groups is 2. The van der Waals surface area contributed by atoms with Crippen LogP contribution in [-0.4, -0.2) is 47.8 Å². The summed E-state index contributed by atoms with van der Waals surface area (Å²) in [6.07, 6.45) is 1.20. The van der Waals surface area contributed by atoms with Gasteiger partial charge in [-0.15, -0.1) is 0 Å². The van der Waals surface area contributed by atoms with Crippen molar-refractivity contribution in [2.45, 2.75) is 32.4 Å². The van der Waals surface area contributed by atoms with Crippen molar-refractivity contribution in [3.8, 4) is 0 Å². The maximum absolute atomic E-state index is 13.0. The molecule has 0 radical (unpaired) electrons. The van der Waals surface area contributed by atoms with Crippen LogP contribution in [0.4, 0.5) is 0 Å². The Kier molecular flexibility index (Phi) is 8.31. The van der Waals surface area contributed by atoms with Crippen LogP contribution in [0.1, 0.15) is 36.9 Å². The van der Waals surface area contributed by atoms with E-state index in [1.54, 1.807) is 0 Å². The second-order valence-electron chi connectivity index (χ2n) is 7.65. The lowest BCUT2D eigenvalue weighted by Crippen LogP contribution is -2.38. The number of rotatable bonds is 6. The highest BCUT2D eigenvalue weighted by Crippen LogP contribution is 2.21. The lowest BCUT2D eigenvalue weighted by atomic mass is 10.0. The third-order valence-corrected chi connectivity index (χ3v) is 6.07. The molecule has 2 aromatic rings. The van der Waals surface area contributed by atoms with Crippen LogP contribution in [0.5, 0.6) is 0 Å². The van der Waals surface area contributed by atoms with E-state index in [-0.39, 0.29) is 24.3 Å². The number of nitrogens with one attached hydrogen (secondary N) is 1. The molecule has 1 heterocycles. The molecule has 2 amide bonds. The van der Waals surface area contributed by atoms with E-state index < -0.39 is 0 Å². The maximum Gasteiger partial charge on any atom is 0.225 e. The minimum atomic E-state index is -0.323. The van der Waals surface area contributed by atoms with Crippen LogP contribution < -0.4 is 5.32 Å². The van der Waals surface area contributed by atoms with Crippen molar-refractivity contribution in [2.75, 3.05) is 26.2 Å². The second-order valence-corrected chi connectivity index (χ2v) is 9.00. The fourth-order valence-corrected chi connectivity index (χ4v) is 4.11. The molecule has 1 aliphatic heterocycles. The van der Waals surface area contributed by atoms with Gasteiger partial charge in [-0.1, -0.05) is 51.8 Å². The highest BCUT2D eigenvalue weighted by Gasteiger charge is 2.23. The number of nitrogens with zero attached hydrogens (tertiary/aromatic N) is 2. The number of hydrogen-bond donors (Lipinski definition) is 1. The van der Waals surface area contributed by atoms with E-state index in [0.717, 1.165) is 47.7 Å². The van der Waals surface area contributed by atoms with Gasteiger partial charge in [0.05, 0.1) is 12.5 Å². The fraction of sp³-hybridized carbons (Fsp3) is 0.391. The van der Waals surface area contributed by atoms with Gasteiger partial charge in [-0.05, 0) is 41.8 Å². The van der Waals surface area contributed by atoms with Crippen LogP contribution in [-0.2, 0) is 16.1 Å². The molecule has 160 valence electrons. The SMILES string of the molecule is CC(=O)NC(CC(=O)N1CCCN(Cc2ccc(Cl)cc2)CC1)c1ccc(Br)cc1. The average molecular weight is 493 g/mol. The van der Waals surface area contributed by atoms with E-state index in [1.165, 1.54) is 12.5 Å². The van der Waals surface area contributed by atoms with Crippen molar-refractivity contribution >= 4 is 39.3 Å². The van der Waals surface area contributed by atoms with Gasteiger partial charge in [-0.3, -0.25) is 14.5 Å². The van der Waals surface area contributed by atoms with Crippen molar-refractivity contribution in [3.05, 3.63) is 69.2 Å². The molecular formula is C23H27BrClN3O2. The van der Waals surface area contributed by atoms with Crippen molar-refractivity contribution in [2.24, 2.45) is 0 Å². The fourth-order valence-electron chi connectivity index (χ4n) is 3.72. The van der Waals surface area contributed by atoms with E-state index in [0.29, 0.717) is 6.54 Å². The van der Waals surface area contributed by atoms with Crippen LogP contribution in [0.15, 0.2) is 53.0 Å². The van der Waals surface area contributed by atoms with E-state index in [4.69, 9.17) is 11.6 Å². The molecule has 0 bridgehead atoms. The Balaban J connectivity index is 1.59. The molecule has 3 rings (SSSR count). The molecule has 5 nitrogen and oxygen atoms in total. The minimum Gasteiger partial charge on any atom is -0.349 e. The van der Waals surface area contributed by atoms with E-state index >= 15 is 0 Å². The van der Waals surface area contributed by atoms with Crippen LogP contribution in [0.25, 0.3) is 0 Å².